The van der Waals surface area contributed by atoms with E-state index < -0.39 is 35.1 Å². The predicted molar refractivity (Wildman–Crippen MR) is 180 cm³/mol. The monoisotopic (exact) mass is 685 g/mol. The van der Waals surface area contributed by atoms with E-state index in [1.54, 1.807) is 22.0 Å². The first-order valence-electron chi connectivity index (χ1n) is 16.3. The highest BCUT2D eigenvalue weighted by Crippen LogP contribution is 2.60. The standard InChI is InChI=1S/C36H52BrN3O5/c1-8-18-38(23-25-16-12-10-13-17-25)31(42)27-28-32(43)39(20-14-11-15-21-41)30(36(28)22-26(37)29(27)45-36)33(44)40(19-9-2)35(6,7)24-34(3,4)5/h8-10,12-13,16-17,26-30,41H,1-2,11,14-15,18-24H2,3-7H3/t26?,27-,28-,29-,30?,36?/m0/s1. The van der Waals surface area contributed by atoms with Gasteiger partial charge in [-0.25, -0.2) is 0 Å². The Morgan fingerprint density at radius 3 is 2.33 bits per heavy atom. The number of alkyl halides is 1. The Kier molecular flexibility index (Phi) is 11.1. The molecule has 1 aromatic carbocycles. The number of nitrogens with zero attached hydrogens (tertiary/aromatic N) is 3. The van der Waals surface area contributed by atoms with Crippen LogP contribution in [0.3, 0.4) is 0 Å². The summed E-state index contributed by atoms with van der Waals surface area (Å²) in [6.07, 6.45) is 6.11. The fourth-order valence-electron chi connectivity index (χ4n) is 8.21. The van der Waals surface area contributed by atoms with E-state index in [2.05, 4.69) is 63.7 Å². The number of amides is 3. The van der Waals surface area contributed by atoms with Gasteiger partial charge in [0.2, 0.25) is 17.7 Å². The molecule has 0 saturated carbocycles. The third-order valence-corrected chi connectivity index (χ3v) is 10.4. The van der Waals surface area contributed by atoms with Crippen LogP contribution in [0.25, 0.3) is 0 Å². The molecule has 1 spiro atoms. The molecule has 2 bridgehead atoms. The van der Waals surface area contributed by atoms with Crippen molar-refractivity contribution in [3.8, 4) is 0 Å². The smallest absolute Gasteiger partial charge is 0.249 e. The molecule has 0 radical (unpaired) electrons. The summed E-state index contributed by atoms with van der Waals surface area (Å²) in [5, 5.41) is 9.38. The Labute approximate surface area is 278 Å². The van der Waals surface area contributed by atoms with Gasteiger partial charge in [-0.15, -0.1) is 13.2 Å². The number of hydrogen-bond acceptors (Lipinski definition) is 5. The molecular weight excluding hydrogens is 634 g/mol. The van der Waals surface area contributed by atoms with Gasteiger partial charge in [-0.2, -0.15) is 0 Å². The second-order valence-corrected chi connectivity index (χ2v) is 15.9. The third-order valence-electron chi connectivity index (χ3n) is 9.51. The Balaban J connectivity index is 1.76. The molecular formula is C36H52BrN3O5. The number of rotatable bonds is 15. The summed E-state index contributed by atoms with van der Waals surface area (Å²) in [4.78, 5) is 49.1. The normalized spacial score (nSPS) is 27.4. The first kappa shape index (κ1) is 35.4. The molecule has 9 heteroatoms. The van der Waals surface area contributed by atoms with Crippen molar-refractivity contribution >= 4 is 33.7 Å². The largest absolute Gasteiger partial charge is 0.396 e. The molecule has 3 fully saturated rings. The molecule has 0 aromatic heterocycles. The van der Waals surface area contributed by atoms with Crippen molar-refractivity contribution in [2.24, 2.45) is 17.3 Å². The van der Waals surface area contributed by atoms with Crippen LogP contribution in [0.1, 0.15) is 72.3 Å². The average Bonchev–Trinajstić information content (AvgIpc) is 3.55. The van der Waals surface area contributed by atoms with Gasteiger partial charge >= 0.3 is 0 Å². The summed E-state index contributed by atoms with van der Waals surface area (Å²) >= 11 is 3.81. The van der Waals surface area contributed by atoms with E-state index in [9.17, 15) is 19.5 Å². The molecule has 3 amide bonds. The van der Waals surface area contributed by atoms with Gasteiger partial charge in [0.1, 0.15) is 11.6 Å². The van der Waals surface area contributed by atoms with Gasteiger partial charge in [0, 0.05) is 43.2 Å². The van der Waals surface area contributed by atoms with Crippen LogP contribution in [0.4, 0.5) is 0 Å². The highest BCUT2D eigenvalue weighted by molar-refractivity contribution is 9.09. The van der Waals surface area contributed by atoms with Crippen molar-refractivity contribution in [2.75, 3.05) is 26.2 Å². The number of halogens is 1. The van der Waals surface area contributed by atoms with Crippen molar-refractivity contribution in [2.45, 2.75) is 101 Å². The minimum Gasteiger partial charge on any atom is -0.396 e. The maximum atomic E-state index is 14.9. The van der Waals surface area contributed by atoms with Gasteiger partial charge in [-0.3, -0.25) is 14.4 Å². The van der Waals surface area contributed by atoms with Crippen LogP contribution in [-0.2, 0) is 25.7 Å². The highest BCUT2D eigenvalue weighted by Gasteiger charge is 2.77. The summed E-state index contributed by atoms with van der Waals surface area (Å²) < 4.78 is 6.82. The molecule has 3 unspecified atom stereocenters. The molecule has 4 rings (SSSR count). The summed E-state index contributed by atoms with van der Waals surface area (Å²) in [5.41, 5.74) is -0.721. The van der Waals surface area contributed by atoms with Crippen molar-refractivity contribution < 1.29 is 24.2 Å². The van der Waals surface area contributed by atoms with Crippen molar-refractivity contribution in [1.82, 2.24) is 14.7 Å². The molecule has 3 heterocycles. The third kappa shape index (κ3) is 7.10. The lowest BCUT2D eigenvalue weighted by Gasteiger charge is -2.45. The van der Waals surface area contributed by atoms with Crippen LogP contribution in [0.5, 0.6) is 0 Å². The summed E-state index contributed by atoms with van der Waals surface area (Å²) in [5.74, 6) is -2.01. The van der Waals surface area contributed by atoms with Gasteiger partial charge in [0.15, 0.2) is 0 Å². The molecule has 3 saturated heterocycles. The molecule has 1 N–H and O–H groups in total. The minimum atomic E-state index is -1.13. The predicted octanol–water partition coefficient (Wildman–Crippen LogP) is 5.34. The van der Waals surface area contributed by atoms with E-state index in [1.165, 1.54) is 0 Å². The van der Waals surface area contributed by atoms with Crippen LogP contribution < -0.4 is 0 Å². The second-order valence-electron chi connectivity index (χ2n) is 14.8. The van der Waals surface area contributed by atoms with Crippen molar-refractivity contribution in [3.63, 3.8) is 0 Å². The summed E-state index contributed by atoms with van der Waals surface area (Å²) in [6, 6.07) is 8.91. The molecule has 8 nitrogen and oxygen atoms in total. The zero-order valence-corrected chi connectivity index (χ0v) is 29.3. The van der Waals surface area contributed by atoms with Crippen LogP contribution in [0.15, 0.2) is 55.6 Å². The molecule has 45 heavy (non-hydrogen) atoms. The molecule has 0 aliphatic carbocycles. The van der Waals surface area contributed by atoms with E-state index >= 15 is 0 Å². The van der Waals surface area contributed by atoms with E-state index in [0.29, 0.717) is 45.4 Å². The Bertz CT molecular complexity index is 1250. The molecule has 6 atom stereocenters. The quantitative estimate of drug-likeness (QED) is 0.153. The number of aliphatic hydroxyl groups is 1. The zero-order chi connectivity index (χ0) is 33.2. The zero-order valence-electron chi connectivity index (χ0n) is 27.7. The van der Waals surface area contributed by atoms with Gasteiger partial charge in [0.25, 0.3) is 0 Å². The Morgan fingerprint density at radius 2 is 1.73 bits per heavy atom. The fourth-order valence-corrected chi connectivity index (χ4v) is 9.15. The molecule has 248 valence electrons. The lowest BCUT2D eigenvalue weighted by molar-refractivity contribution is -0.153. The Morgan fingerprint density at radius 1 is 1.07 bits per heavy atom. The summed E-state index contributed by atoms with van der Waals surface area (Å²) in [6.45, 7) is 19.9. The van der Waals surface area contributed by atoms with E-state index in [1.807, 2.05) is 35.2 Å². The fraction of sp³-hybridized carbons (Fsp3) is 0.639. The maximum Gasteiger partial charge on any atom is 0.249 e. The highest BCUT2D eigenvalue weighted by atomic mass is 79.9. The van der Waals surface area contributed by atoms with Crippen LogP contribution in [0, 0.1) is 17.3 Å². The first-order chi connectivity index (χ1) is 21.2. The van der Waals surface area contributed by atoms with E-state index in [0.717, 1.165) is 18.4 Å². The number of carbonyl (C=O) groups excluding carboxylic acids is 3. The van der Waals surface area contributed by atoms with Crippen molar-refractivity contribution in [3.05, 3.63) is 61.2 Å². The Hall–Kier alpha value is -2.49. The molecule has 1 aromatic rings. The van der Waals surface area contributed by atoms with Gasteiger partial charge in [-0.1, -0.05) is 79.2 Å². The van der Waals surface area contributed by atoms with Gasteiger partial charge < -0.3 is 24.5 Å². The van der Waals surface area contributed by atoms with E-state index in [4.69, 9.17) is 4.74 Å². The van der Waals surface area contributed by atoms with Crippen molar-refractivity contribution in [1.29, 1.82) is 0 Å². The van der Waals surface area contributed by atoms with Gasteiger partial charge in [0.05, 0.1) is 17.9 Å². The van der Waals surface area contributed by atoms with Crippen LogP contribution in [-0.4, -0.2) is 91.9 Å². The number of hydrogen-bond donors (Lipinski definition) is 1. The molecule has 3 aliphatic heterocycles. The topological polar surface area (TPSA) is 90.4 Å². The number of carbonyl (C=O) groups is 3. The van der Waals surface area contributed by atoms with Crippen LogP contribution in [0.2, 0.25) is 0 Å². The molecule has 3 aliphatic rings. The number of aliphatic hydroxyl groups excluding tert-OH is 1. The van der Waals surface area contributed by atoms with Gasteiger partial charge in [-0.05, 0) is 56.9 Å². The summed E-state index contributed by atoms with van der Waals surface area (Å²) in [7, 11) is 0. The number of fused-ring (bicyclic) bond motifs is 1. The minimum absolute atomic E-state index is 0.0480. The number of ether oxygens (including phenoxy) is 1. The number of likely N-dealkylation sites (tertiary alicyclic amines) is 1. The average molecular weight is 687 g/mol. The number of unbranched alkanes of at least 4 members (excludes halogenated alkanes) is 2. The lowest BCUT2D eigenvalue weighted by Crippen LogP contribution is -2.61. The lowest BCUT2D eigenvalue weighted by atomic mass is 9.70. The maximum absolute atomic E-state index is 14.9. The van der Waals surface area contributed by atoms with E-state index in [-0.39, 0.29) is 34.6 Å². The first-order valence-corrected chi connectivity index (χ1v) is 17.2. The van der Waals surface area contributed by atoms with Crippen LogP contribution >= 0.6 is 15.9 Å². The number of benzene rings is 1. The second kappa shape index (κ2) is 14.1. The SMILES string of the molecule is C=CCN(Cc1ccccc1)C(=O)[C@H]1[C@H]2C(=O)N(CCCCCO)C(C(=O)N(CC=C)C(C)(C)CC(C)(C)C)C23CC(Br)[C@@H]1O3.